The molecule has 0 aliphatic heterocycles. The fourth-order valence-electron chi connectivity index (χ4n) is 2.11. The third-order valence-corrected chi connectivity index (χ3v) is 3.29. The average Bonchev–Trinajstić information content (AvgIpc) is 3.28. The molecular formula is C16H16N4O4. The fraction of sp³-hybridized carbons (Fsp3) is 0.250. The minimum atomic E-state index is -0.327. The number of methoxy groups -OCH3 is 1. The Kier molecular flexibility index (Phi) is 4.97. The van der Waals surface area contributed by atoms with Crippen molar-refractivity contribution >= 4 is 5.91 Å². The van der Waals surface area contributed by atoms with Gasteiger partial charge in [0, 0.05) is 19.1 Å². The van der Waals surface area contributed by atoms with Gasteiger partial charge in [0.15, 0.2) is 11.6 Å². The van der Waals surface area contributed by atoms with Gasteiger partial charge in [-0.3, -0.25) is 4.79 Å². The quantitative estimate of drug-likeness (QED) is 0.705. The predicted octanol–water partition coefficient (Wildman–Crippen LogP) is 1.84. The van der Waals surface area contributed by atoms with Gasteiger partial charge in [-0.15, -0.1) is 0 Å². The zero-order chi connectivity index (χ0) is 16.8. The van der Waals surface area contributed by atoms with Crippen LogP contribution in [0.25, 0.3) is 11.3 Å². The molecule has 0 aliphatic carbocycles. The SMILES string of the molecule is COCCc1noc(CNC(=O)c2cnoc2-c2ccccc2)n1. The van der Waals surface area contributed by atoms with Gasteiger partial charge in [0.25, 0.3) is 5.91 Å². The molecular weight excluding hydrogens is 312 g/mol. The lowest BCUT2D eigenvalue weighted by Crippen LogP contribution is -2.23. The largest absolute Gasteiger partial charge is 0.384 e. The Bertz CT molecular complexity index is 797. The van der Waals surface area contributed by atoms with Crippen LogP contribution in [0.15, 0.2) is 45.6 Å². The van der Waals surface area contributed by atoms with E-state index in [0.29, 0.717) is 36.1 Å². The lowest BCUT2D eigenvalue weighted by molar-refractivity contribution is 0.0946. The van der Waals surface area contributed by atoms with Crippen LogP contribution in [-0.2, 0) is 17.7 Å². The van der Waals surface area contributed by atoms with Crippen molar-refractivity contribution in [1.29, 1.82) is 0 Å². The average molecular weight is 328 g/mol. The third-order valence-electron chi connectivity index (χ3n) is 3.29. The van der Waals surface area contributed by atoms with E-state index in [0.717, 1.165) is 5.56 Å². The molecule has 0 saturated carbocycles. The van der Waals surface area contributed by atoms with Gasteiger partial charge in [-0.1, -0.05) is 40.6 Å². The molecule has 24 heavy (non-hydrogen) atoms. The number of hydrogen-bond donors (Lipinski definition) is 1. The van der Waals surface area contributed by atoms with Gasteiger partial charge in [-0.05, 0) is 0 Å². The van der Waals surface area contributed by atoms with E-state index in [-0.39, 0.29) is 12.5 Å². The van der Waals surface area contributed by atoms with Crippen LogP contribution in [0.2, 0.25) is 0 Å². The third kappa shape index (κ3) is 3.66. The van der Waals surface area contributed by atoms with Crippen molar-refractivity contribution in [2.45, 2.75) is 13.0 Å². The Hall–Kier alpha value is -3.00. The molecule has 0 unspecified atom stereocenters. The Labute approximate surface area is 137 Å². The molecule has 3 aromatic rings. The number of nitrogens with one attached hydrogen (secondary N) is 1. The highest BCUT2D eigenvalue weighted by atomic mass is 16.5. The van der Waals surface area contributed by atoms with Gasteiger partial charge in [-0.25, -0.2) is 0 Å². The van der Waals surface area contributed by atoms with Crippen molar-refractivity contribution in [3.05, 3.63) is 53.8 Å². The normalized spacial score (nSPS) is 10.7. The molecule has 2 aromatic heterocycles. The van der Waals surface area contributed by atoms with Gasteiger partial charge < -0.3 is 19.1 Å². The van der Waals surface area contributed by atoms with Crippen LogP contribution in [-0.4, -0.2) is 34.9 Å². The summed E-state index contributed by atoms with van der Waals surface area (Å²) in [7, 11) is 1.60. The van der Waals surface area contributed by atoms with E-state index < -0.39 is 0 Å². The summed E-state index contributed by atoms with van der Waals surface area (Å²) in [6, 6.07) is 9.30. The first kappa shape index (κ1) is 15.9. The molecule has 0 spiro atoms. The van der Waals surface area contributed by atoms with E-state index in [1.807, 2.05) is 30.3 Å². The maximum absolute atomic E-state index is 12.3. The number of nitrogens with zero attached hydrogens (tertiary/aromatic N) is 3. The number of rotatable bonds is 7. The van der Waals surface area contributed by atoms with Gasteiger partial charge >= 0.3 is 0 Å². The maximum atomic E-state index is 12.3. The van der Waals surface area contributed by atoms with Crippen LogP contribution in [0.5, 0.6) is 0 Å². The Morgan fingerprint density at radius 3 is 2.88 bits per heavy atom. The van der Waals surface area contributed by atoms with E-state index in [2.05, 4.69) is 20.6 Å². The second kappa shape index (κ2) is 7.51. The number of hydrogen-bond acceptors (Lipinski definition) is 7. The first-order valence-electron chi connectivity index (χ1n) is 7.36. The Morgan fingerprint density at radius 2 is 2.08 bits per heavy atom. The van der Waals surface area contributed by atoms with Crippen molar-refractivity contribution in [3.63, 3.8) is 0 Å². The van der Waals surface area contributed by atoms with Gasteiger partial charge in [0.2, 0.25) is 5.89 Å². The number of benzene rings is 1. The molecule has 0 bridgehead atoms. The van der Waals surface area contributed by atoms with Gasteiger partial charge in [0.05, 0.1) is 19.3 Å². The first-order valence-corrected chi connectivity index (χ1v) is 7.36. The summed E-state index contributed by atoms with van der Waals surface area (Å²) in [6.45, 7) is 0.630. The minimum absolute atomic E-state index is 0.123. The van der Waals surface area contributed by atoms with Crippen LogP contribution in [0.3, 0.4) is 0 Å². The van der Waals surface area contributed by atoms with Crippen LogP contribution in [0, 0.1) is 0 Å². The number of aromatic nitrogens is 3. The summed E-state index contributed by atoms with van der Waals surface area (Å²) in [6.07, 6.45) is 1.94. The molecule has 8 nitrogen and oxygen atoms in total. The van der Waals surface area contributed by atoms with E-state index >= 15 is 0 Å². The van der Waals surface area contributed by atoms with Crippen LogP contribution in [0.4, 0.5) is 0 Å². The second-order valence-electron chi connectivity index (χ2n) is 4.96. The number of carbonyl (C=O) groups is 1. The van der Waals surface area contributed by atoms with Crippen LogP contribution < -0.4 is 5.32 Å². The monoisotopic (exact) mass is 328 g/mol. The molecule has 1 N–H and O–H groups in total. The lowest BCUT2D eigenvalue weighted by atomic mass is 10.1. The molecule has 0 aliphatic rings. The van der Waals surface area contributed by atoms with E-state index in [1.165, 1.54) is 6.20 Å². The summed E-state index contributed by atoms with van der Waals surface area (Å²) in [4.78, 5) is 16.5. The predicted molar refractivity (Wildman–Crippen MR) is 83.0 cm³/mol. The Balaban J connectivity index is 1.64. The van der Waals surface area contributed by atoms with Crippen molar-refractivity contribution in [1.82, 2.24) is 20.6 Å². The number of ether oxygens (including phenoxy) is 1. The molecule has 1 aromatic carbocycles. The van der Waals surface area contributed by atoms with Crippen molar-refractivity contribution in [2.24, 2.45) is 0 Å². The summed E-state index contributed by atoms with van der Waals surface area (Å²) in [5.74, 6) is 0.953. The zero-order valence-corrected chi connectivity index (χ0v) is 13.1. The van der Waals surface area contributed by atoms with Crippen LogP contribution >= 0.6 is 0 Å². The summed E-state index contributed by atoms with van der Waals surface area (Å²) in [5.41, 5.74) is 1.13. The van der Waals surface area contributed by atoms with Gasteiger partial charge in [-0.2, -0.15) is 4.98 Å². The number of amides is 1. The second-order valence-corrected chi connectivity index (χ2v) is 4.96. The molecule has 8 heteroatoms. The zero-order valence-electron chi connectivity index (χ0n) is 13.1. The summed E-state index contributed by atoms with van der Waals surface area (Å²) >= 11 is 0. The summed E-state index contributed by atoms with van der Waals surface area (Å²) < 4.78 is 15.2. The van der Waals surface area contributed by atoms with E-state index in [4.69, 9.17) is 13.8 Å². The topological polar surface area (TPSA) is 103 Å². The Morgan fingerprint density at radius 1 is 1.25 bits per heavy atom. The number of carbonyl (C=O) groups excluding carboxylic acids is 1. The highest BCUT2D eigenvalue weighted by Gasteiger charge is 2.18. The summed E-state index contributed by atoms with van der Waals surface area (Å²) in [5, 5.41) is 10.2. The molecule has 0 fully saturated rings. The molecule has 124 valence electrons. The fourth-order valence-corrected chi connectivity index (χ4v) is 2.11. The molecule has 0 atom stereocenters. The van der Waals surface area contributed by atoms with Crippen molar-refractivity contribution in [3.8, 4) is 11.3 Å². The molecule has 0 radical (unpaired) electrons. The van der Waals surface area contributed by atoms with Crippen molar-refractivity contribution in [2.75, 3.05) is 13.7 Å². The first-order chi connectivity index (χ1) is 11.8. The van der Waals surface area contributed by atoms with Crippen LogP contribution in [0.1, 0.15) is 22.1 Å². The smallest absolute Gasteiger partial charge is 0.257 e. The minimum Gasteiger partial charge on any atom is -0.384 e. The molecule has 3 rings (SSSR count). The molecule has 2 heterocycles. The lowest BCUT2D eigenvalue weighted by Gasteiger charge is -2.02. The standard InChI is InChI=1S/C16H16N4O4/c1-22-8-7-13-19-14(23-20-13)10-17-16(21)12-9-18-24-15(12)11-5-3-2-4-6-11/h2-6,9H,7-8,10H2,1H3,(H,17,21). The maximum Gasteiger partial charge on any atom is 0.257 e. The van der Waals surface area contributed by atoms with E-state index in [1.54, 1.807) is 7.11 Å². The van der Waals surface area contributed by atoms with Gasteiger partial charge in [0.1, 0.15) is 5.56 Å². The highest BCUT2D eigenvalue weighted by Crippen LogP contribution is 2.23. The molecule has 0 saturated heterocycles. The molecule has 1 amide bonds. The highest BCUT2D eigenvalue weighted by molar-refractivity contribution is 5.99. The van der Waals surface area contributed by atoms with E-state index in [9.17, 15) is 4.79 Å². The van der Waals surface area contributed by atoms with Crippen molar-refractivity contribution < 1.29 is 18.6 Å².